The largest absolute Gasteiger partial charge is 0.295 e. The first-order chi connectivity index (χ1) is 18.8. The first-order valence-corrected chi connectivity index (χ1v) is 13.1. The fourth-order valence-corrected chi connectivity index (χ4v) is 4.64. The van der Waals surface area contributed by atoms with Crippen molar-refractivity contribution in [2.75, 3.05) is 9.80 Å². The summed E-state index contributed by atoms with van der Waals surface area (Å²) in [6.07, 6.45) is 0. The molecule has 0 aliphatic rings. The molecule has 0 fully saturated rings. The molecule has 39 heavy (non-hydrogen) atoms. The summed E-state index contributed by atoms with van der Waals surface area (Å²) in [6, 6.07) is 38.0. The molecule has 0 aliphatic carbocycles. The quantitative estimate of drug-likeness (QED) is 0.229. The molecule has 0 saturated heterocycles. The van der Waals surface area contributed by atoms with Crippen LogP contribution in [0.1, 0.15) is 33.4 Å². The van der Waals surface area contributed by atoms with Crippen LogP contribution in [0.3, 0.4) is 0 Å². The van der Waals surface area contributed by atoms with E-state index in [2.05, 4.69) is 141 Å². The molecule has 0 radical (unpaired) electrons. The Balaban J connectivity index is 1.77. The highest BCUT2D eigenvalue weighted by Crippen LogP contribution is 2.41. The summed E-state index contributed by atoms with van der Waals surface area (Å²) in [4.78, 5) is 9.46. The van der Waals surface area contributed by atoms with Crippen LogP contribution in [0.25, 0.3) is 0 Å². The van der Waals surface area contributed by atoms with Gasteiger partial charge in [-0.05, 0) is 94.8 Å². The molecule has 5 rings (SSSR count). The van der Waals surface area contributed by atoms with Gasteiger partial charge in [0.1, 0.15) is 11.9 Å². The number of benzene rings is 4. The third-order valence-electron chi connectivity index (χ3n) is 6.91. The van der Waals surface area contributed by atoms with Gasteiger partial charge in [-0.1, -0.05) is 70.8 Å². The zero-order valence-electron chi connectivity index (χ0n) is 23.1. The van der Waals surface area contributed by atoms with Crippen molar-refractivity contribution in [3.8, 4) is 6.07 Å². The van der Waals surface area contributed by atoms with Gasteiger partial charge in [-0.15, -0.1) is 0 Å². The predicted molar refractivity (Wildman–Crippen MR) is 162 cm³/mol. The SMILES string of the molecule is Cc1ccc(N(c2ccc(C)cc2)c2cc(C)c(C#N)c(N(c3ccc(C)cc3)c3ccc(C)cc3)n2)cc1. The van der Waals surface area contributed by atoms with Gasteiger partial charge in [-0.2, -0.15) is 5.26 Å². The van der Waals surface area contributed by atoms with Crippen LogP contribution in [0.15, 0.2) is 103 Å². The number of rotatable bonds is 6. The molecule has 4 aromatic carbocycles. The van der Waals surface area contributed by atoms with Crippen LogP contribution in [0.2, 0.25) is 0 Å². The molecule has 0 bridgehead atoms. The maximum absolute atomic E-state index is 10.3. The Labute approximate surface area is 231 Å². The van der Waals surface area contributed by atoms with E-state index in [0.29, 0.717) is 11.4 Å². The molecule has 192 valence electrons. The number of hydrogen-bond acceptors (Lipinski definition) is 4. The highest BCUT2D eigenvalue weighted by Gasteiger charge is 2.23. The van der Waals surface area contributed by atoms with Gasteiger partial charge in [-0.3, -0.25) is 9.80 Å². The lowest BCUT2D eigenvalue weighted by Gasteiger charge is -2.29. The maximum atomic E-state index is 10.3. The molecule has 1 aromatic heterocycles. The lowest BCUT2D eigenvalue weighted by molar-refractivity contribution is 1.11. The molecule has 0 N–H and O–H groups in total. The number of pyridine rings is 1. The Kier molecular flexibility index (Phi) is 7.17. The van der Waals surface area contributed by atoms with E-state index >= 15 is 0 Å². The molecule has 0 unspecified atom stereocenters. The Bertz CT molecular complexity index is 1540. The summed E-state index contributed by atoms with van der Waals surface area (Å²) >= 11 is 0. The van der Waals surface area contributed by atoms with Crippen LogP contribution in [0.5, 0.6) is 0 Å². The van der Waals surface area contributed by atoms with E-state index < -0.39 is 0 Å². The Morgan fingerprint density at radius 2 is 0.846 bits per heavy atom. The Morgan fingerprint density at radius 1 is 0.513 bits per heavy atom. The molecule has 0 spiro atoms. The van der Waals surface area contributed by atoms with Crippen LogP contribution < -0.4 is 9.80 Å². The van der Waals surface area contributed by atoms with Crippen molar-refractivity contribution in [2.45, 2.75) is 34.6 Å². The van der Waals surface area contributed by atoms with Gasteiger partial charge in [0.2, 0.25) is 0 Å². The van der Waals surface area contributed by atoms with Gasteiger partial charge in [0, 0.05) is 22.7 Å². The third kappa shape index (κ3) is 5.39. The predicted octanol–water partition coefficient (Wildman–Crippen LogP) is 9.43. The molecule has 0 atom stereocenters. The fraction of sp³-hybridized carbons (Fsp3) is 0.143. The molecule has 0 aliphatic heterocycles. The van der Waals surface area contributed by atoms with Crippen molar-refractivity contribution < 1.29 is 0 Å². The summed E-state index contributed by atoms with van der Waals surface area (Å²) in [5.41, 5.74) is 10.0. The molecule has 0 saturated carbocycles. The number of anilines is 6. The number of aromatic nitrogens is 1. The second kappa shape index (κ2) is 10.8. The first kappa shape index (κ1) is 25.8. The summed E-state index contributed by atoms with van der Waals surface area (Å²) in [6.45, 7) is 10.3. The van der Waals surface area contributed by atoms with E-state index in [4.69, 9.17) is 4.98 Å². The highest BCUT2D eigenvalue weighted by molar-refractivity contribution is 5.82. The monoisotopic (exact) mass is 508 g/mol. The summed E-state index contributed by atoms with van der Waals surface area (Å²) < 4.78 is 0. The molecule has 4 nitrogen and oxygen atoms in total. The molecular weight excluding hydrogens is 476 g/mol. The second-order valence-corrected chi connectivity index (χ2v) is 10.1. The summed E-state index contributed by atoms with van der Waals surface area (Å²) in [5.74, 6) is 1.35. The van der Waals surface area contributed by atoms with Gasteiger partial charge >= 0.3 is 0 Å². The topological polar surface area (TPSA) is 43.2 Å². The zero-order chi connectivity index (χ0) is 27.5. The zero-order valence-corrected chi connectivity index (χ0v) is 23.1. The highest BCUT2D eigenvalue weighted by atomic mass is 15.3. The van der Waals surface area contributed by atoms with E-state index in [1.165, 1.54) is 22.3 Å². The average molecular weight is 509 g/mol. The lowest BCUT2D eigenvalue weighted by Crippen LogP contribution is -2.18. The molecule has 1 heterocycles. The number of hydrogen-bond donors (Lipinski definition) is 0. The third-order valence-corrected chi connectivity index (χ3v) is 6.91. The van der Waals surface area contributed by atoms with Crippen LogP contribution in [-0.2, 0) is 0 Å². The van der Waals surface area contributed by atoms with E-state index in [0.717, 1.165) is 34.1 Å². The second-order valence-electron chi connectivity index (χ2n) is 10.1. The standard InChI is InChI=1S/C35H32N4/c1-24-6-14-29(15-7-24)38(30-16-8-25(2)9-17-30)34-22-28(5)33(23-36)35(37-34)39(31-18-10-26(3)11-19-31)32-20-12-27(4)13-21-32/h6-22H,1-5H3. The molecule has 4 heteroatoms. The van der Waals surface area contributed by atoms with Crippen LogP contribution in [0, 0.1) is 45.9 Å². The fourth-order valence-electron chi connectivity index (χ4n) is 4.64. The number of aryl methyl sites for hydroxylation is 5. The number of nitrogens with zero attached hydrogens (tertiary/aromatic N) is 4. The Morgan fingerprint density at radius 3 is 1.18 bits per heavy atom. The van der Waals surface area contributed by atoms with Crippen LogP contribution >= 0.6 is 0 Å². The smallest absolute Gasteiger partial charge is 0.158 e. The van der Waals surface area contributed by atoms with E-state index in [-0.39, 0.29) is 0 Å². The van der Waals surface area contributed by atoms with Crippen LogP contribution in [-0.4, -0.2) is 4.98 Å². The van der Waals surface area contributed by atoms with E-state index in [9.17, 15) is 5.26 Å². The molecule has 5 aromatic rings. The van der Waals surface area contributed by atoms with Crippen molar-refractivity contribution in [3.63, 3.8) is 0 Å². The van der Waals surface area contributed by atoms with Crippen molar-refractivity contribution in [1.29, 1.82) is 5.26 Å². The van der Waals surface area contributed by atoms with Gasteiger partial charge in [0.15, 0.2) is 5.82 Å². The minimum absolute atomic E-state index is 0.549. The molecular formula is C35H32N4. The van der Waals surface area contributed by atoms with E-state index in [1.807, 2.05) is 13.0 Å². The summed E-state index contributed by atoms with van der Waals surface area (Å²) in [7, 11) is 0. The lowest BCUT2D eigenvalue weighted by atomic mass is 10.1. The molecule has 0 amide bonds. The normalized spacial score (nSPS) is 10.7. The average Bonchev–Trinajstić information content (AvgIpc) is 2.93. The summed E-state index contributed by atoms with van der Waals surface area (Å²) in [5, 5.41) is 10.3. The van der Waals surface area contributed by atoms with E-state index in [1.54, 1.807) is 0 Å². The minimum atomic E-state index is 0.549. The van der Waals surface area contributed by atoms with Crippen molar-refractivity contribution in [3.05, 3.63) is 137 Å². The van der Waals surface area contributed by atoms with Crippen molar-refractivity contribution in [2.24, 2.45) is 0 Å². The van der Waals surface area contributed by atoms with Crippen molar-refractivity contribution in [1.82, 2.24) is 4.98 Å². The number of nitriles is 1. The van der Waals surface area contributed by atoms with Gasteiger partial charge in [-0.25, -0.2) is 4.98 Å². The van der Waals surface area contributed by atoms with Gasteiger partial charge < -0.3 is 0 Å². The maximum Gasteiger partial charge on any atom is 0.158 e. The van der Waals surface area contributed by atoms with Gasteiger partial charge in [0.05, 0.1) is 5.56 Å². The Hall–Kier alpha value is -4.88. The van der Waals surface area contributed by atoms with Crippen LogP contribution in [0.4, 0.5) is 34.4 Å². The van der Waals surface area contributed by atoms with Crippen molar-refractivity contribution >= 4 is 34.4 Å². The first-order valence-electron chi connectivity index (χ1n) is 13.1. The van der Waals surface area contributed by atoms with Gasteiger partial charge in [0.25, 0.3) is 0 Å². The minimum Gasteiger partial charge on any atom is -0.295 e.